The van der Waals surface area contributed by atoms with E-state index in [1.807, 2.05) is 0 Å². The second kappa shape index (κ2) is 10.7. The largest absolute Gasteiger partial charge is 0.480 e. The zero-order valence-electron chi connectivity index (χ0n) is 18.9. The Bertz CT molecular complexity index is 983. The summed E-state index contributed by atoms with van der Waals surface area (Å²) in [6.45, 7) is 0.278. The van der Waals surface area contributed by atoms with Crippen molar-refractivity contribution in [2.24, 2.45) is 13.0 Å². The molecule has 2 aromatic heterocycles. The van der Waals surface area contributed by atoms with Crippen molar-refractivity contribution in [3.63, 3.8) is 0 Å². The molecule has 0 aromatic carbocycles. The highest BCUT2D eigenvalue weighted by molar-refractivity contribution is 6.33. The first-order valence-electron chi connectivity index (χ1n) is 11.7. The number of carboxylic acid groups (broad SMARTS) is 1. The van der Waals surface area contributed by atoms with E-state index in [0.29, 0.717) is 5.92 Å². The Morgan fingerprint density at radius 2 is 2.09 bits per heavy atom. The Kier molecular flexibility index (Phi) is 7.65. The van der Waals surface area contributed by atoms with Crippen molar-refractivity contribution >= 4 is 23.5 Å². The van der Waals surface area contributed by atoms with Gasteiger partial charge in [-0.25, -0.2) is 4.79 Å². The van der Waals surface area contributed by atoms with Crippen molar-refractivity contribution in [2.75, 3.05) is 6.61 Å². The van der Waals surface area contributed by atoms with Gasteiger partial charge in [-0.05, 0) is 68.9 Å². The summed E-state index contributed by atoms with van der Waals surface area (Å²) in [6.07, 6.45) is 10.6. The minimum absolute atomic E-state index is 0.138. The predicted molar refractivity (Wildman–Crippen MR) is 123 cm³/mol. The molecule has 178 valence electrons. The maximum absolute atomic E-state index is 12.4. The fourth-order valence-corrected chi connectivity index (χ4v) is 4.92. The highest BCUT2D eigenvalue weighted by Gasteiger charge is 2.30. The molecule has 2 aromatic rings. The van der Waals surface area contributed by atoms with Crippen LogP contribution in [0.1, 0.15) is 66.0 Å². The number of nitrogens with one attached hydrogen (secondary N) is 1. The van der Waals surface area contributed by atoms with Crippen molar-refractivity contribution in [3.8, 4) is 0 Å². The molecule has 8 nitrogen and oxygen atoms in total. The van der Waals surface area contributed by atoms with Gasteiger partial charge < -0.3 is 15.2 Å². The van der Waals surface area contributed by atoms with Gasteiger partial charge in [0.15, 0.2) is 0 Å². The van der Waals surface area contributed by atoms with Crippen LogP contribution in [0.25, 0.3) is 0 Å². The fourth-order valence-electron chi connectivity index (χ4n) is 4.67. The van der Waals surface area contributed by atoms with Crippen LogP contribution in [0, 0.1) is 5.92 Å². The number of fused-ring (bicyclic) bond motifs is 1. The summed E-state index contributed by atoms with van der Waals surface area (Å²) in [6, 6.07) is 3.38. The third-order valence-electron chi connectivity index (χ3n) is 6.71. The van der Waals surface area contributed by atoms with E-state index < -0.39 is 17.9 Å². The minimum Gasteiger partial charge on any atom is -0.480 e. The number of aryl methyl sites for hydroxylation is 4. The summed E-state index contributed by atoms with van der Waals surface area (Å²) in [5.74, 6) is -1.05. The zero-order valence-corrected chi connectivity index (χ0v) is 19.7. The normalized spacial score (nSPS) is 20.5. The van der Waals surface area contributed by atoms with Crippen LogP contribution in [0.4, 0.5) is 0 Å². The topological polar surface area (TPSA) is 106 Å². The Balaban J connectivity index is 1.15. The first-order chi connectivity index (χ1) is 15.9. The first kappa shape index (κ1) is 23.7. The molecule has 4 rings (SSSR count). The molecule has 1 atom stereocenters. The van der Waals surface area contributed by atoms with Gasteiger partial charge in [-0.3, -0.25) is 14.5 Å². The van der Waals surface area contributed by atoms with Crippen molar-refractivity contribution in [3.05, 3.63) is 46.0 Å². The van der Waals surface area contributed by atoms with Gasteiger partial charge in [0.2, 0.25) is 0 Å². The molecule has 1 fully saturated rings. The molecule has 1 saturated carbocycles. The summed E-state index contributed by atoms with van der Waals surface area (Å²) < 4.78 is 7.18. The summed E-state index contributed by atoms with van der Waals surface area (Å²) in [5.41, 5.74) is 4.04. The Hall–Kier alpha value is -2.45. The lowest BCUT2D eigenvalue weighted by Crippen LogP contribution is -2.43. The number of carbonyl (C=O) groups excluding carboxylic acids is 1. The van der Waals surface area contributed by atoms with Crippen LogP contribution in [-0.2, 0) is 35.8 Å². The number of ether oxygens (including phenoxy) is 1. The molecule has 2 N–H and O–H groups in total. The van der Waals surface area contributed by atoms with E-state index in [1.165, 1.54) is 40.7 Å². The van der Waals surface area contributed by atoms with Crippen LogP contribution in [0.15, 0.2) is 18.3 Å². The van der Waals surface area contributed by atoms with Gasteiger partial charge in [0, 0.05) is 31.5 Å². The first-order valence-corrected chi connectivity index (χ1v) is 12.1. The van der Waals surface area contributed by atoms with Crippen molar-refractivity contribution in [1.82, 2.24) is 20.1 Å². The Morgan fingerprint density at radius 1 is 1.30 bits per heavy atom. The smallest absolute Gasteiger partial charge is 0.326 e. The molecule has 2 aliphatic carbocycles. The monoisotopic (exact) mass is 474 g/mol. The number of amides is 1. The van der Waals surface area contributed by atoms with Crippen molar-refractivity contribution in [2.45, 2.75) is 69.9 Å². The Labute approximate surface area is 198 Å². The number of carboxylic acids is 1. The molecule has 2 heterocycles. The van der Waals surface area contributed by atoms with E-state index in [-0.39, 0.29) is 29.8 Å². The summed E-state index contributed by atoms with van der Waals surface area (Å²) in [4.78, 5) is 28.8. The number of halogens is 1. The quantitative estimate of drug-likeness (QED) is 0.547. The maximum Gasteiger partial charge on any atom is 0.326 e. The number of hydrogen-bond donors (Lipinski definition) is 2. The number of pyridine rings is 1. The van der Waals surface area contributed by atoms with Crippen LogP contribution < -0.4 is 5.32 Å². The van der Waals surface area contributed by atoms with E-state index >= 15 is 0 Å². The van der Waals surface area contributed by atoms with Gasteiger partial charge in [-0.1, -0.05) is 17.7 Å². The summed E-state index contributed by atoms with van der Waals surface area (Å²) in [7, 11) is 1.58. The molecule has 1 amide bonds. The predicted octanol–water partition coefficient (Wildman–Crippen LogP) is 3.35. The molecule has 0 radical (unpaired) electrons. The van der Waals surface area contributed by atoms with E-state index in [1.54, 1.807) is 7.05 Å². The zero-order chi connectivity index (χ0) is 23.4. The van der Waals surface area contributed by atoms with Gasteiger partial charge in [-0.15, -0.1) is 0 Å². The number of carbonyl (C=O) groups is 2. The average molecular weight is 475 g/mol. The molecule has 2 aliphatic rings. The highest BCUT2D eigenvalue weighted by atomic mass is 35.5. The molecule has 0 aliphatic heterocycles. The third-order valence-corrected chi connectivity index (χ3v) is 6.99. The van der Waals surface area contributed by atoms with E-state index in [9.17, 15) is 14.7 Å². The second-order valence-corrected chi connectivity index (χ2v) is 9.51. The number of aromatic nitrogens is 3. The van der Waals surface area contributed by atoms with Gasteiger partial charge in [0.05, 0.1) is 17.3 Å². The molecule has 0 spiro atoms. The third kappa shape index (κ3) is 5.92. The van der Waals surface area contributed by atoms with Gasteiger partial charge in [0.25, 0.3) is 5.91 Å². The van der Waals surface area contributed by atoms with E-state index in [2.05, 4.69) is 22.5 Å². The van der Waals surface area contributed by atoms with Crippen LogP contribution in [0.3, 0.4) is 0 Å². The molecular weight excluding hydrogens is 444 g/mol. The molecular formula is C24H31ClN4O4. The maximum atomic E-state index is 12.4. The molecule has 0 unspecified atom stereocenters. The van der Waals surface area contributed by atoms with Gasteiger partial charge in [0.1, 0.15) is 11.7 Å². The van der Waals surface area contributed by atoms with Crippen molar-refractivity contribution < 1.29 is 19.4 Å². The highest BCUT2D eigenvalue weighted by Crippen LogP contribution is 2.34. The van der Waals surface area contributed by atoms with Crippen LogP contribution in [-0.4, -0.2) is 50.5 Å². The van der Waals surface area contributed by atoms with E-state index in [4.69, 9.17) is 21.3 Å². The number of nitrogens with zero attached hydrogens (tertiary/aromatic N) is 3. The standard InChI is InChI=1S/C24H31ClN4O4/c1-29-22(19(25)14-26-29)23(30)28-21(24(31)32)10-11-33-18-12-15(13-18)6-8-17-9-7-16-4-2-3-5-20(16)27-17/h7,9,14-15,18,21H,2-6,8,10-13H2,1H3,(H,28,30)(H,31,32)/t15?,18?,21-/m0/s1. The number of rotatable bonds is 10. The average Bonchev–Trinajstić information content (AvgIpc) is 3.11. The van der Waals surface area contributed by atoms with Crippen LogP contribution in [0.2, 0.25) is 5.02 Å². The second-order valence-electron chi connectivity index (χ2n) is 9.10. The lowest BCUT2D eigenvalue weighted by atomic mass is 9.79. The molecule has 33 heavy (non-hydrogen) atoms. The van der Waals surface area contributed by atoms with Gasteiger partial charge >= 0.3 is 5.97 Å². The minimum atomic E-state index is -1.10. The van der Waals surface area contributed by atoms with Gasteiger partial charge in [-0.2, -0.15) is 5.10 Å². The van der Waals surface area contributed by atoms with E-state index in [0.717, 1.165) is 38.5 Å². The lowest BCUT2D eigenvalue weighted by molar-refractivity contribution is -0.140. The fraction of sp³-hybridized carbons (Fsp3) is 0.583. The van der Waals surface area contributed by atoms with Crippen LogP contribution in [0.5, 0.6) is 0 Å². The summed E-state index contributed by atoms with van der Waals surface area (Å²) >= 11 is 5.96. The molecule has 0 bridgehead atoms. The van der Waals surface area contributed by atoms with Crippen LogP contribution >= 0.6 is 11.6 Å². The number of hydrogen-bond acceptors (Lipinski definition) is 5. The lowest BCUT2D eigenvalue weighted by Gasteiger charge is -2.35. The molecule has 0 saturated heterocycles. The van der Waals surface area contributed by atoms with Crippen molar-refractivity contribution in [1.29, 1.82) is 0 Å². The molecule has 9 heteroatoms. The SMILES string of the molecule is Cn1ncc(Cl)c1C(=O)N[C@@H](CCOC1CC(CCc2ccc3c(n2)CCCC3)C1)C(=O)O. The summed E-state index contributed by atoms with van der Waals surface area (Å²) in [5, 5.41) is 16.0. The Morgan fingerprint density at radius 3 is 2.82 bits per heavy atom. The number of aliphatic carboxylic acids is 1.